The van der Waals surface area contributed by atoms with Gasteiger partial charge in [-0.25, -0.2) is 4.79 Å². The number of urea groups is 1. The van der Waals surface area contributed by atoms with Crippen LogP contribution in [0.15, 0.2) is 60.8 Å². The molecule has 2 aromatic carbocycles. The highest BCUT2D eigenvalue weighted by Gasteiger charge is 2.39. The van der Waals surface area contributed by atoms with Gasteiger partial charge in [-0.05, 0) is 23.3 Å². The molecule has 2 aromatic rings. The minimum absolute atomic E-state index is 0.0384. The Morgan fingerprint density at radius 2 is 1.96 bits per heavy atom. The molecule has 1 aliphatic heterocycles. The van der Waals surface area contributed by atoms with Gasteiger partial charge in [-0.15, -0.1) is 0 Å². The Labute approximate surface area is 156 Å². The first kappa shape index (κ1) is 18.3. The normalized spacial score (nSPS) is 19.0. The van der Waals surface area contributed by atoms with Crippen LogP contribution in [0.25, 0.3) is 0 Å². The molecule has 3 N–H and O–H groups in total. The molecule has 1 saturated heterocycles. The van der Waals surface area contributed by atoms with Crippen molar-refractivity contribution in [2.45, 2.75) is 12.6 Å². The van der Waals surface area contributed by atoms with Gasteiger partial charge in [0.05, 0.1) is 13.2 Å². The van der Waals surface area contributed by atoms with Crippen LogP contribution in [0.4, 0.5) is 4.79 Å². The van der Waals surface area contributed by atoms with E-state index in [0.717, 1.165) is 5.56 Å². The second-order valence-corrected chi connectivity index (χ2v) is 6.10. The Hall–Kier alpha value is -3.48. The number of aromatic hydroxyl groups is 1. The first-order chi connectivity index (χ1) is 13.0. The lowest BCUT2D eigenvalue weighted by Gasteiger charge is -2.33. The molecule has 0 radical (unpaired) electrons. The molecule has 0 bridgehead atoms. The summed E-state index contributed by atoms with van der Waals surface area (Å²) >= 11 is 0. The van der Waals surface area contributed by atoms with Crippen LogP contribution >= 0.6 is 0 Å². The average Bonchev–Trinajstić information content (AvgIpc) is 2.66. The van der Waals surface area contributed by atoms with Crippen molar-refractivity contribution in [3.05, 3.63) is 71.9 Å². The van der Waals surface area contributed by atoms with E-state index in [1.807, 2.05) is 30.3 Å². The third-order valence-electron chi connectivity index (χ3n) is 4.31. The third-order valence-corrected chi connectivity index (χ3v) is 4.31. The summed E-state index contributed by atoms with van der Waals surface area (Å²) in [5, 5.41) is 15.0. The molecular formula is C20H20N2O5. The summed E-state index contributed by atoms with van der Waals surface area (Å²) in [6, 6.07) is 12.7. The SMILES string of the molecule is C=C1NC(=O)NC(c2ccc(O)c(OC)c2)C1C(=O)OCc1ccccc1. The van der Waals surface area contributed by atoms with Gasteiger partial charge in [0, 0.05) is 5.70 Å². The van der Waals surface area contributed by atoms with Crippen LogP contribution in [-0.4, -0.2) is 24.2 Å². The Morgan fingerprint density at radius 1 is 1.22 bits per heavy atom. The van der Waals surface area contributed by atoms with Crippen LogP contribution in [0, 0.1) is 5.92 Å². The van der Waals surface area contributed by atoms with Crippen molar-refractivity contribution in [1.82, 2.24) is 10.6 Å². The molecular weight excluding hydrogens is 348 g/mol. The van der Waals surface area contributed by atoms with E-state index in [-0.39, 0.29) is 23.8 Å². The van der Waals surface area contributed by atoms with Crippen molar-refractivity contribution in [3.8, 4) is 11.5 Å². The number of nitrogens with one attached hydrogen (secondary N) is 2. The number of phenols is 1. The van der Waals surface area contributed by atoms with E-state index in [1.54, 1.807) is 12.1 Å². The number of hydrogen-bond acceptors (Lipinski definition) is 5. The molecule has 0 saturated carbocycles. The summed E-state index contributed by atoms with van der Waals surface area (Å²) in [6.45, 7) is 3.92. The fourth-order valence-electron chi connectivity index (χ4n) is 2.95. The van der Waals surface area contributed by atoms with Gasteiger partial charge in [0.25, 0.3) is 0 Å². The predicted molar refractivity (Wildman–Crippen MR) is 97.9 cm³/mol. The molecule has 1 fully saturated rings. The molecule has 7 nitrogen and oxygen atoms in total. The maximum absolute atomic E-state index is 12.7. The van der Waals surface area contributed by atoms with E-state index >= 15 is 0 Å². The summed E-state index contributed by atoms with van der Waals surface area (Å²) < 4.78 is 10.5. The molecule has 140 valence electrons. The van der Waals surface area contributed by atoms with Gasteiger partial charge in [-0.2, -0.15) is 0 Å². The summed E-state index contributed by atoms with van der Waals surface area (Å²) in [7, 11) is 1.42. The number of amides is 2. The highest BCUT2D eigenvalue weighted by Crippen LogP contribution is 2.35. The first-order valence-corrected chi connectivity index (χ1v) is 8.33. The number of rotatable bonds is 5. The summed E-state index contributed by atoms with van der Waals surface area (Å²) in [5.41, 5.74) is 1.68. The van der Waals surface area contributed by atoms with E-state index in [1.165, 1.54) is 13.2 Å². The van der Waals surface area contributed by atoms with Crippen LogP contribution in [0.5, 0.6) is 11.5 Å². The van der Waals surface area contributed by atoms with Gasteiger partial charge in [0.2, 0.25) is 0 Å². The highest BCUT2D eigenvalue weighted by atomic mass is 16.5. The van der Waals surface area contributed by atoms with Gasteiger partial charge >= 0.3 is 12.0 Å². The predicted octanol–water partition coefficient (Wildman–Crippen LogP) is 2.63. The molecule has 2 amide bonds. The number of esters is 1. The second kappa shape index (κ2) is 7.82. The number of ether oxygens (including phenoxy) is 2. The Morgan fingerprint density at radius 3 is 2.67 bits per heavy atom. The number of phenolic OH excluding ortho intramolecular Hbond substituents is 1. The quantitative estimate of drug-likeness (QED) is 0.705. The highest BCUT2D eigenvalue weighted by molar-refractivity contribution is 5.85. The first-order valence-electron chi connectivity index (χ1n) is 8.33. The topological polar surface area (TPSA) is 96.9 Å². The fraction of sp³-hybridized carbons (Fsp3) is 0.200. The molecule has 0 spiro atoms. The average molecular weight is 368 g/mol. The summed E-state index contributed by atoms with van der Waals surface area (Å²) in [6.07, 6.45) is 0. The zero-order valence-corrected chi connectivity index (χ0v) is 14.8. The second-order valence-electron chi connectivity index (χ2n) is 6.10. The van der Waals surface area contributed by atoms with Crippen molar-refractivity contribution in [2.24, 2.45) is 5.92 Å². The number of hydrogen-bond donors (Lipinski definition) is 3. The van der Waals surface area contributed by atoms with Crippen LogP contribution in [0.3, 0.4) is 0 Å². The number of methoxy groups -OCH3 is 1. The van der Waals surface area contributed by atoms with Gasteiger partial charge in [-0.1, -0.05) is 43.0 Å². The Balaban J connectivity index is 1.84. The van der Waals surface area contributed by atoms with E-state index in [4.69, 9.17) is 9.47 Å². The fourth-order valence-corrected chi connectivity index (χ4v) is 2.95. The minimum atomic E-state index is -0.833. The maximum atomic E-state index is 12.7. The molecule has 1 aliphatic rings. The summed E-state index contributed by atoms with van der Waals surface area (Å²) in [4.78, 5) is 24.6. The Kier molecular flexibility index (Phi) is 5.30. The van der Waals surface area contributed by atoms with Crippen molar-refractivity contribution < 1.29 is 24.2 Å². The molecule has 1 heterocycles. The number of carbonyl (C=O) groups is 2. The molecule has 2 atom stereocenters. The zero-order chi connectivity index (χ0) is 19.4. The smallest absolute Gasteiger partial charge is 0.319 e. The van der Waals surface area contributed by atoms with E-state index in [9.17, 15) is 14.7 Å². The van der Waals surface area contributed by atoms with Gasteiger partial charge in [-0.3, -0.25) is 4.79 Å². The lowest BCUT2D eigenvalue weighted by atomic mass is 9.89. The van der Waals surface area contributed by atoms with Gasteiger partial charge in [0.15, 0.2) is 11.5 Å². The molecule has 3 rings (SSSR count). The molecule has 2 unspecified atom stereocenters. The van der Waals surface area contributed by atoms with Crippen molar-refractivity contribution in [2.75, 3.05) is 7.11 Å². The van der Waals surface area contributed by atoms with Crippen LogP contribution in [0.2, 0.25) is 0 Å². The minimum Gasteiger partial charge on any atom is -0.504 e. The van der Waals surface area contributed by atoms with Crippen molar-refractivity contribution in [3.63, 3.8) is 0 Å². The van der Waals surface area contributed by atoms with Gasteiger partial charge in [0.1, 0.15) is 12.5 Å². The lowest BCUT2D eigenvalue weighted by molar-refractivity contribution is -0.149. The largest absolute Gasteiger partial charge is 0.504 e. The van der Waals surface area contributed by atoms with E-state index < -0.39 is 24.0 Å². The van der Waals surface area contributed by atoms with Crippen molar-refractivity contribution >= 4 is 12.0 Å². The molecule has 0 aromatic heterocycles. The monoisotopic (exact) mass is 368 g/mol. The van der Waals surface area contributed by atoms with Crippen LogP contribution in [-0.2, 0) is 16.1 Å². The van der Waals surface area contributed by atoms with Crippen molar-refractivity contribution in [1.29, 1.82) is 0 Å². The third kappa shape index (κ3) is 4.03. The van der Waals surface area contributed by atoms with Crippen LogP contribution < -0.4 is 15.4 Å². The lowest BCUT2D eigenvalue weighted by Crippen LogP contribution is -2.51. The van der Waals surface area contributed by atoms with Crippen LogP contribution in [0.1, 0.15) is 17.2 Å². The summed E-state index contributed by atoms with van der Waals surface area (Å²) in [5.74, 6) is -1.15. The standard InChI is InChI=1S/C20H20N2O5/c1-12-17(19(24)27-11-13-6-4-3-5-7-13)18(22-20(25)21-12)14-8-9-15(23)16(10-14)26-2/h3-10,17-18,23H,1,11H2,2H3,(H2,21,22,25). The van der Waals surface area contributed by atoms with E-state index in [0.29, 0.717) is 5.56 Å². The molecule has 0 aliphatic carbocycles. The molecule has 27 heavy (non-hydrogen) atoms. The van der Waals surface area contributed by atoms with Gasteiger partial charge < -0.3 is 25.2 Å². The molecule has 7 heteroatoms. The maximum Gasteiger partial charge on any atom is 0.319 e. The Bertz CT molecular complexity index is 866. The zero-order valence-electron chi connectivity index (χ0n) is 14.8. The number of carbonyl (C=O) groups excluding carboxylic acids is 2. The number of benzene rings is 2. The van der Waals surface area contributed by atoms with E-state index in [2.05, 4.69) is 17.2 Å².